The van der Waals surface area contributed by atoms with Gasteiger partial charge in [0.05, 0.1) is 0 Å². The van der Waals surface area contributed by atoms with Crippen LogP contribution in [-0.4, -0.2) is 22.2 Å². The predicted molar refractivity (Wildman–Crippen MR) is 91.2 cm³/mol. The Bertz CT molecular complexity index is 716. The molecule has 0 aliphatic carbocycles. The maximum atomic E-state index is 12.1. The lowest BCUT2D eigenvalue weighted by Crippen LogP contribution is -2.40. The monoisotopic (exact) mass is 311 g/mol. The Morgan fingerprint density at radius 2 is 1.65 bits per heavy atom. The van der Waals surface area contributed by atoms with Crippen LogP contribution in [0.3, 0.4) is 0 Å². The number of aromatic nitrogens is 1. The van der Waals surface area contributed by atoms with Crippen LogP contribution >= 0.6 is 0 Å². The van der Waals surface area contributed by atoms with Gasteiger partial charge in [-0.3, -0.25) is 14.6 Å². The van der Waals surface area contributed by atoms with Crippen molar-refractivity contribution >= 4 is 23.1 Å². The van der Waals surface area contributed by atoms with E-state index in [1.807, 2.05) is 32.9 Å². The average Bonchev–Trinajstić information content (AvgIpc) is 2.46. The van der Waals surface area contributed by atoms with E-state index in [1.165, 1.54) is 6.92 Å². The Morgan fingerprint density at radius 3 is 2.22 bits per heavy atom. The first-order valence-electron chi connectivity index (χ1n) is 7.41. The number of hydrogen-bond acceptors (Lipinski definition) is 4. The van der Waals surface area contributed by atoms with E-state index < -0.39 is 0 Å². The number of carbonyl (C=O) groups excluding carboxylic acids is 2. The molecule has 1 heterocycles. The second-order valence-electron chi connectivity index (χ2n) is 6.39. The number of hydrogen-bond donors (Lipinski definition) is 2. The van der Waals surface area contributed by atoms with Crippen molar-refractivity contribution in [2.75, 3.05) is 5.32 Å². The van der Waals surface area contributed by atoms with Gasteiger partial charge in [0.1, 0.15) is 5.69 Å². The third kappa shape index (κ3) is 4.92. The van der Waals surface area contributed by atoms with Gasteiger partial charge in [-0.15, -0.1) is 0 Å². The minimum absolute atomic E-state index is 0.0293. The summed E-state index contributed by atoms with van der Waals surface area (Å²) in [6.45, 7) is 7.29. The third-order valence-corrected chi connectivity index (χ3v) is 3.06. The molecule has 0 aliphatic rings. The zero-order valence-electron chi connectivity index (χ0n) is 13.8. The molecule has 0 saturated heterocycles. The van der Waals surface area contributed by atoms with E-state index in [0.717, 1.165) is 11.4 Å². The van der Waals surface area contributed by atoms with Crippen LogP contribution in [0.15, 0.2) is 42.6 Å². The molecule has 0 saturated carbocycles. The van der Waals surface area contributed by atoms with Crippen molar-refractivity contribution in [2.24, 2.45) is 0 Å². The number of amides is 1. The number of pyridine rings is 1. The molecule has 0 fully saturated rings. The third-order valence-electron chi connectivity index (χ3n) is 3.06. The van der Waals surface area contributed by atoms with Crippen LogP contribution < -0.4 is 10.6 Å². The predicted octanol–water partition coefficient (Wildman–Crippen LogP) is 3.56. The quantitative estimate of drug-likeness (QED) is 0.847. The highest BCUT2D eigenvalue weighted by atomic mass is 16.2. The minimum Gasteiger partial charge on any atom is -0.355 e. The summed E-state index contributed by atoms with van der Waals surface area (Å²) in [6, 6.07) is 10.7. The first-order valence-corrected chi connectivity index (χ1v) is 7.41. The van der Waals surface area contributed by atoms with Gasteiger partial charge < -0.3 is 10.6 Å². The normalized spacial score (nSPS) is 11.0. The summed E-state index contributed by atoms with van der Waals surface area (Å²) >= 11 is 0. The SMILES string of the molecule is CC(=O)c1ccc(Nc2ccnc(C(=O)NC(C)(C)C)c2)cc1. The minimum atomic E-state index is -0.315. The van der Waals surface area contributed by atoms with E-state index in [-0.39, 0.29) is 17.2 Å². The summed E-state index contributed by atoms with van der Waals surface area (Å²) in [5.74, 6) is -0.185. The Labute approximate surface area is 136 Å². The molecule has 5 heteroatoms. The number of carbonyl (C=O) groups is 2. The molecule has 0 atom stereocenters. The van der Waals surface area contributed by atoms with Crippen LogP contribution in [0.2, 0.25) is 0 Å². The number of nitrogens with zero attached hydrogens (tertiary/aromatic N) is 1. The van der Waals surface area contributed by atoms with Gasteiger partial charge in [0.15, 0.2) is 5.78 Å². The molecule has 5 nitrogen and oxygen atoms in total. The van der Waals surface area contributed by atoms with Crippen molar-refractivity contribution in [2.45, 2.75) is 33.2 Å². The number of anilines is 2. The zero-order chi connectivity index (χ0) is 17.0. The summed E-state index contributed by atoms with van der Waals surface area (Å²) in [6.07, 6.45) is 1.59. The standard InChI is InChI=1S/C18H21N3O2/c1-12(22)13-5-7-14(8-6-13)20-15-9-10-19-16(11-15)17(23)21-18(2,3)4/h5-11H,1-4H3,(H,19,20)(H,21,23). The maximum absolute atomic E-state index is 12.1. The highest BCUT2D eigenvalue weighted by molar-refractivity contribution is 5.95. The molecule has 1 aromatic heterocycles. The Morgan fingerprint density at radius 1 is 1.00 bits per heavy atom. The average molecular weight is 311 g/mol. The highest BCUT2D eigenvalue weighted by Gasteiger charge is 2.16. The molecule has 2 rings (SSSR count). The lowest BCUT2D eigenvalue weighted by molar-refractivity contribution is 0.0913. The molecule has 0 bridgehead atoms. The summed E-state index contributed by atoms with van der Waals surface area (Å²) in [5.41, 5.74) is 2.30. The molecule has 1 amide bonds. The largest absolute Gasteiger partial charge is 0.355 e. The van der Waals surface area contributed by atoms with E-state index in [0.29, 0.717) is 11.3 Å². The number of rotatable bonds is 4. The fourth-order valence-electron chi connectivity index (χ4n) is 1.99. The molecule has 120 valence electrons. The van der Waals surface area contributed by atoms with Crippen LogP contribution in [0.5, 0.6) is 0 Å². The van der Waals surface area contributed by atoms with E-state index in [2.05, 4.69) is 15.6 Å². The maximum Gasteiger partial charge on any atom is 0.270 e. The Kier molecular flexibility index (Phi) is 4.79. The Balaban J connectivity index is 2.13. The number of benzene rings is 1. The fourth-order valence-corrected chi connectivity index (χ4v) is 1.99. The molecule has 0 unspecified atom stereocenters. The van der Waals surface area contributed by atoms with Crippen molar-refractivity contribution in [3.05, 3.63) is 53.9 Å². The van der Waals surface area contributed by atoms with Gasteiger partial charge in [0.2, 0.25) is 0 Å². The summed E-state index contributed by atoms with van der Waals surface area (Å²) in [7, 11) is 0. The van der Waals surface area contributed by atoms with Crippen molar-refractivity contribution in [1.29, 1.82) is 0 Å². The molecule has 0 spiro atoms. The molecule has 2 N–H and O–H groups in total. The van der Waals surface area contributed by atoms with Crippen LogP contribution in [0, 0.1) is 0 Å². The van der Waals surface area contributed by atoms with E-state index in [1.54, 1.807) is 30.5 Å². The smallest absolute Gasteiger partial charge is 0.270 e. The van der Waals surface area contributed by atoms with Gasteiger partial charge >= 0.3 is 0 Å². The molecule has 2 aromatic rings. The highest BCUT2D eigenvalue weighted by Crippen LogP contribution is 2.18. The van der Waals surface area contributed by atoms with Gasteiger partial charge in [-0.1, -0.05) is 0 Å². The summed E-state index contributed by atoms with van der Waals surface area (Å²) in [5, 5.41) is 6.08. The molecule has 23 heavy (non-hydrogen) atoms. The van der Waals surface area contributed by atoms with Crippen LogP contribution in [-0.2, 0) is 0 Å². The van der Waals surface area contributed by atoms with Crippen LogP contribution in [0.4, 0.5) is 11.4 Å². The molecule has 1 aromatic carbocycles. The number of Topliss-reactive ketones (excluding diaryl/α,β-unsaturated/α-hetero) is 1. The van der Waals surface area contributed by atoms with Crippen LogP contribution in [0.25, 0.3) is 0 Å². The molecular weight excluding hydrogens is 290 g/mol. The van der Waals surface area contributed by atoms with Gasteiger partial charge in [0, 0.05) is 28.7 Å². The first kappa shape index (κ1) is 16.7. The van der Waals surface area contributed by atoms with Gasteiger partial charge in [-0.2, -0.15) is 0 Å². The van der Waals surface area contributed by atoms with Gasteiger partial charge in [-0.25, -0.2) is 0 Å². The van der Waals surface area contributed by atoms with Crippen molar-refractivity contribution in [3.8, 4) is 0 Å². The topological polar surface area (TPSA) is 71.1 Å². The Hall–Kier alpha value is -2.69. The number of ketones is 1. The molecule has 0 aliphatic heterocycles. The molecular formula is C18H21N3O2. The lowest BCUT2D eigenvalue weighted by Gasteiger charge is -2.20. The number of nitrogens with one attached hydrogen (secondary N) is 2. The summed E-state index contributed by atoms with van der Waals surface area (Å²) < 4.78 is 0. The first-order chi connectivity index (χ1) is 10.7. The fraction of sp³-hybridized carbons (Fsp3) is 0.278. The van der Waals surface area contributed by atoms with Gasteiger partial charge in [-0.05, 0) is 64.1 Å². The summed E-state index contributed by atoms with van der Waals surface area (Å²) in [4.78, 5) is 27.5. The van der Waals surface area contributed by atoms with E-state index >= 15 is 0 Å². The van der Waals surface area contributed by atoms with E-state index in [4.69, 9.17) is 0 Å². The van der Waals surface area contributed by atoms with Gasteiger partial charge in [0.25, 0.3) is 5.91 Å². The molecule has 0 radical (unpaired) electrons. The second kappa shape index (κ2) is 6.60. The second-order valence-corrected chi connectivity index (χ2v) is 6.39. The van der Waals surface area contributed by atoms with Crippen LogP contribution in [0.1, 0.15) is 48.5 Å². The van der Waals surface area contributed by atoms with E-state index in [9.17, 15) is 9.59 Å². The van der Waals surface area contributed by atoms with Crippen molar-refractivity contribution < 1.29 is 9.59 Å². The zero-order valence-corrected chi connectivity index (χ0v) is 13.8. The lowest BCUT2D eigenvalue weighted by atomic mass is 10.1. The van der Waals surface area contributed by atoms with Crippen molar-refractivity contribution in [1.82, 2.24) is 10.3 Å². The van der Waals surface area contributed by atoms with Crippen molar-refractivity contribution in [3.63, 3.8) is 0 Å².